The van der Waals surface area contributed by atoms with Crippen LogP contribution in [0.3, 0.4) is 0 Å². The molecule has 5 heteroatoms. The maximum atomic E-state index is 12.3. The molecular formula is C19H32N2O3. The van der Waals surface area contributed by atoms with Gasteiger partial charge in [-0.1, -0.05) is 13.8 Å². The third kappa shape index (κ3) is 6.40. The first-order valence-corrected chi connectivity index (χ1v) is 8.95. The van der Waals surface area contributed by atoms with Crippen LogP contribution in [-0.2, 0) is 0 Å². The molecule has 1 rings (SSSR count). The molecule has 0 radical (unpaired) electrons. The number of amides is 1. The fraction of sp³-hybridized carbons (Fsp3) is 0.632. The van der Waals surface area contributed by atoms with Gasteiger partial charge in [-0.25, -0.2) is 0 Å². The maximum absolute atomic E-state index is 12.3. The van der Waals surface area contributed by atoms with E-state index in [-0.39, 0.29) is 5.91 Å². The first-order chi connectivity index (χ1) is 11.5. The highest BCUT2D eigenvalue weighted by molar-refractivity contribution is 5.94. The van der Waals surface area contributed by atoms with Crippen molar-refractivity contribution in [2.24, 2.45) is 0 Å². The molecule has 0 aromatic heterocycles. The zero-order valence-corrected chi connectivity index (χ0v) is 15.7. The van der Waals surface area contributed by atoms with Crippen LogP contribution in [0.5, 0.6) is 11.5 Å². The normalized spacial score (nSPS) is 11.0. The maximum Gasteiger partial charge on any atom is 0.251 e. The number of hydrogen-bond acceptors (Lipinski definition) is 4. The van der Waals surface area contributed by atoms with Crippen LogP contribution in [0.4, 0.5) is 0 Å². The van der Waals surface area contributed by atoms with Crippen molar-refractivity contribution in [3.8, 4) is 11.5 Å². The topological polar surface area (TPSA) is 50.8 Å². The van der Waals surface area contributed by atoms with E-state index in [4.69, 9.17) is 9.47 Å². The highest BCUT2D eigenvalue weighted by Crippen LogP contribution is 2.28. The van der Waals surface area contributed by atoms with Gasteiger partial charge in [0.25, 0.3) is 5.91 Å². The van der Waals surface area contributed by atoms with Crippen molar-refractivity contribution in [2.75, 3.05) is 32.8 Å². The molecule has 136 valence electrons. The minimum absolute atomic E-state index is 0.0854. The van der Waals surface area contributed by atoms with E-state index in [9.17, 15) is 4.79 Å². The van der Waals surface area contributed by atoms with Crippen LogP contribution in [-0.4, -0.2) is 49.7 Å². The van der Waals surface area contributed by atoms with E-state index in [0.29, 0.717) is 42.9 Å². The Morgan fingerprint density at radius 2 is 1.92 bits per heavy atom. The number of benzene rings is 1. The van der Waals surface area contributed by atoms with E-state index in [1.54, 1.807) is 12.1 Å². The summed E-state index contributed by atoms with van der Waals surface area (Å²) in [6.45, 7) is 14.0. The molecule has 0 saturated carbocycles. The summed E-state index contributed by atoms with van der Waals surface area (Å²) in [5, 5.41) is 2.97. The summed E-state index contributed by atoms with van der Waals surface area (Å²) in [7, 11) is 0. The number of nitrogens with one attached hydrogen (secondary N) is 1. The molecular weight excluding hydrogens is 304 g/mol. The molecule has 24 heavy (non-hydrogen) atoms. The molecule has 1 N–H and O–H groups in total. The van der Waals surface area contributed by atoms with Crippen molar-refractivity contribution < 1.29 is 14.3 Å². The second-order valence-corrected chi connectivity index (χ2v) is 5.92. The number of rotatable bonds is 11. The Kier molecular flexibility index (Phi) is 9.23. The molecule has 0 saturated heterocycles. The zero-order valence-electron chi connectivity index (χ0n) is 15.7. The highest BCUT2D eigenvalue weighted by Gasteiger charge is 2.12. The number of carbonyl (C=O) groups is 1. The first-order valence-electron chi connectivity index (χ1n) is 8.95. The summed E-state index contributed by atoms with van der Waals surface area (Å²) >= 11 is 0. The Labute approximate surface area is 146 Å². The Morgan fingerprint density at radius 3 is 2.50 bits per heavy atom. The number of carbonyl (C=O) groups excluding carboxylic acids is 1. The quantitative estimate of drug-likeness (QED) is 0.673. The van der Waals surface area contributed by atoms with Gasteiger partial charge in [-0.3, -0.25) is 9.69 Å². The van der Waals surface area contributed by atoms with Crippen molar-refractivity contribution in [2.45, 2.75) is 47.1 Å². The minimum Gasteiger partial charge on any atom is -0.490 e. The summed E-state index contributed by atoms with van der Waals surface area (Å²) in [5.74, 6) is 1.22. The van der Waals surface area contributed by atoms with Gasteiger partial charge < -0.3 is 14.8 Å². The fourth-order valence-corrected chi connectivity index (χ4v) is 2.45. The van der Waals surface area contributed by atoms with Crippen LogP contribution in [0.25, 0.3) is 0 Å². The predicted molar refractivity (Wildman–Crippen MR) is 98.1 cm³/mol. The summed E-state index contributed by atoms with van der Waals surface area (Å²) in [4.78, 5) is 14.7. The molecule has 0 aliphatic heterocycles. The lowest BCUT2D eigenvalue weighted by Gasteiger charge is -2.24. The molecule has 0 heterocycles. The smallest absolute Gasteiger partial charge is 0.251 e. The van der Waals surface area contributed by atoms with Crippen molar-refractivity contribution in [3.63, 3.8) is 0 Å². The van der Waals surface area contributed by atoms with Crippen molar-refractivity contribution in [1.82, 2.24) is 10.2 Å². The van der Waals surface area contributed by atoms with Crippen LogP contribution in [0.1, 0.15) is 51.4 Å². The average molecular weight is 336 g/mol. The summed E-state index contributed by atoms with van der Waals surface area (Å²) in [5.41, 5.74) is 0.592. The first kappa shape index (κ1) is 20.3. The monoisotopic (exact) mass is 336 g/mol. The lowest BCUT2D eigenvalue weighted by molar-refractivity contribution is 0.0945. The summed E-state index contributed by atoms with van der Waals surface area (Å²) in [6, 6.07) is 5.82. The number of likely N-dealkylation sites (N-methyl/N-ethyl adjacent to an activating group) is 1. The fourth-order valence-electron chi connectivity index (χ4n) is 2.45. The number of nitrogens with zero attached hydrogens (tertiary/aromatic N) is 1. The second-order valence-electron chi connectivity index (χ2n) is 5.92. The van der Waals surface area contributed by atoms with E-state index in [0.717, 1.165) is 19.5 Å². The molecule has 0 aliphatic rings. The zero-order chi connectivity index (χ0) is 17.9. The largest absolute Gasteiger partial charge is 0.490 e. The molecule has 5 nitrogen and oxygen atoms in total. The van der Waals surface area contributed by atoms with Crippen molar-refractivity contribution in [1.29, 1.82) is 0 Å². The molecule has 0 aliphatic carbocycles. The van der Waals surface area contributed by atoms with E-state index >= 15 is 0 Å². The van der Waals surface area contributed by atoms with Gasteiger partial charge in [0.05, 0.1) is 13.2 Å². The lowest BCUT2D eigenvalue weighted by Crippen LogP contribution is -2.38. The van der Waals surface area contributed by atoms with Gasteiger partial charge >= 0.3 is 0 Å². The molecule has 0 bridgehead atoms. The predicted octanol–water partition coefficient (Wildman–Crippen LogP) is 3.33. The van der Waals surface area contributed by atoms with Gasteiger partial charge in [0.15, 0.2) is 11.5 Å². The lowest BCUT2D eigenvalue weighted by atomic mass is 10.2. The van der Waals surface area contributed by atoms with Crippen LogP contribution < -0.4 is 14.8 Å². The average Bonchev–Trinajstić information content (AvgIpc) is 2.57. The third-order valence-electron chi connectivity index (χ3n) is 3.79. The van der Waals surface area contributed by atoms with E-state index < -0.39 is 0 Å². The highest BCUT2D eigenvalue weighted by atomic mass is 16.5. The van der Waals surface area contributed by atoms with Gasteiger partial charge in [0.1, 0.15) is 0 Å². The number of hydrogen-bond donors (Lipinski definition) is 1. The molecule has 0 atom stereocenters. The molecule has 0 unspecified atom stereocenters. The van der Waals surface area contributed by atoms with Gasteiger partial charge in [-0.05, 0) is 51.9 Å². The standard InChI is InChI=1S/C19H32N2O3/c1-6-13-24-17-10-9-16(14-18(17)23-8-3)19(22)20-11-12-21(7-2)15(4)5/h9-10,14-15H,6-8,11-13H2,1-5H3,(H,20,22). The Hall–Kier alpha value is -1.75. The molecule has 0 spiro atoms. The molecule has 1 aromatic carbocycles. The van der Waals surface area contributed by atoms with E-state index in [1.807, 2.05) is 13.0 Å². The third-order valence-corrected chi connectivity index (χ3v) is 3.79. The Balaban J connectivity index is 2.67. The number of ether oxygens (including phenoxy) is 2. The van der Waals surface area contributed by atoms with Gasteiger partial charge in [0, 0.05) is 24.7 Å². The Bertz CT molecular complexity index is 503. The molecule has 1 amide bonds. The van der Waals surface area contributed by atoms with Gasteiger partial charge in [-0.2, -0.15) is 0 Å². The summed E-state index contributed by atoms with van der Waals surface area (Å²) < 4.78 is 11.3. The molecule has 1 aromatic rings. The van der Waals surface area contributed by atoms with Crippen LogP contribution in [0, 0.1) is 0 Å². The van der Waals surface area contributed by atoms with E-state index in [1.165, 1.54) is 0 Å². The Morgan fingerprint density at radius 1 is 1.17 bits per heavy atom. The SMILES string of the molecule is CCCOc1ccc(C(=O)NCCN(CC)C(C)C)cc1OCC. The van der Waals surface area contributed by atoms with Crippen LogP contribution >= 0.6 is 0 Å². The minimum atomic E-state index is -0.0854. The van der Waals surface area contributed by atoms with Crippen molar-refractivity contribution >= 4 is 5.91 Å². The second kappa shape index (κ2) is 10.9. The summed E-state index contributed by atoms with van der Waals surface area (Å²) in [6.07, 6.45) is 0.928. The van der Waals surface area contributed by atoms with Gasteiger partial charge in [0.2, 0.25) is 0 Å². The van der Waals surface area contributed by atoms with Crippen molar-refractivity contribution in [3.05, 3.63) is 23.8 Å². The van der Waals surface area contributed by atoms with Crippen LogP contribution in [0.2, 0.25) is 0 Å². The van der Waals surface area contributed by atoms with Gasteiger partial charge in [-0.15, -0.1) is 0 Å². The molecule has 0 fully saturated rings. The van der Waals surface area contributed by atoms with E-state index in [2.05, 4.69) is 37.9 Å². The van der Waals surface area contributed by atoms with Crippen LogP contribution in [0.15, 0.2) is 18.2 Å².